The minimum absolute atomic E-state index is 0.0592. The van der Waals surface area contributed by atoms with E-state index in [-0.39, 0.29) is 18.4 Å². The van der Waals surface area contributed by atoms with Crippen molar-refractivity contribution in [3.8, 4) is 0 Å². The Morgan fingerprint density at radius 1 is 1.21 bits per heavy atom. The fourth-order valence-electron chi connectivity index (χ4n) is 2.93. The standard InChI is InChI=1S/C17H26N4O3/c1-5-24-15(22)10-18-17(23)14-6-8-21(9-7-14)16-11(2)12(3)19-13(4)20-16/h14H,5-10H2,1-4H3,(H,18,23). The highest BCUT2D eigenvalue weighted by Gasteiger charge is 2.27. The lowest BCUT2D eigenvalue weighted by atomic mass is 9.95. The first-order valence-corrected chi connectivity index (χ1v) is 8.42. The number of hydrogen-bond donors (Lipinski definition) is 1. The lowest BCUT2D eigenvalue weighted by Crippen LogP contribution is -2.42. The third kappa shape index (κ3) is 4.43. The number of aromatic nitrogens is 2. The normalized spacial score (nSPS) is 15.2. The minimum Gasteiger partial charge on any atom is -0.465 e. The molecule has 1 aromatic rings. The van der Waals surface area contributed by atoms with Crippen LogP contribution in [0.5, 0.6) is 0 Å². The number of nitrogens with one attached hydrogen (secondary N) is 1. The number of anilines is 1. The van der Waals surface area contributed by atoms with Crippen LogP contribution in [0.4, 0.5) is 5.82 Å². The van der Waals surface area contributed by atoms with E-state index in [1.807, 2.05) is 20.8 Å². The molecule has 24 heavy (non-hydrogen) atoms. The number of esters is 1. The Balaban J connectivity index is 1.89. The summed E-state index contributed by atoms with van der Waals surface area (Å²) in [4.78, 5) is 34.6. The van der Waals surface area contributed by atoms with Crippen molar-refractivity contribution in [2.24, 2.45) is 5.92 Å². The number of carbonyl (C=O) groups excluding carboxylic acids is 2. The molecule has 0 aromatic carbocycles. The van der Waals surface area contributed by atoms with Crippen molar-refractivity contribution in [3.05, 3.63) is 17.1 Å². The third-order valence-corrected chi connectivity index (χ3v) is 4.35. The number of carbonyl (C=O) groups is 2. The predicted octanol–water partition coefficient (Wildman–Crippen LogP) is 1.30. The van der Waals surface area contributed by atoms with E-state index in [4.69, 9.17) is 4.74 Å². The van der Waals surface area contributed by atoms with Crippen LogP contribution in [0.2, 0.25) is 0 Å². The zero-order chi connectivity index (χ0) is 17.7. The van der Waals surface area contributed by atoms with E-state index in [9.17, 15) is 9.59 Å². The van der Waals surface area contributed by atoms with Gasteiger partial charge in [-0.2, -0.15) is 0 Å². The van der Waals surface area contributed by atoms with Gasteiger partial charge < -0.3 is 15.0 Å². The fraction of sp³-hybridized carbons (Fsp3) is 0.647. The number of aryl methyl sites for hydroxylation is 2. The summed E-state index contributed by atoms with van der Waals surface area (Å²) in [5.74, 6) is 1.19. The first kappa shape index (κ1) is 18.2. The van der Waals surface area contributed by atoms with Gasteiger partial charge in [0.15, 0.2) is 0 Å². The van der Waals surface area contributed by atoms with Gasteiger partial charge in [-0.05, 0) is 40.5 Å². The predicted molar refractivity (Wildman–Crippen MR) is 90.8 cm³/mol. The molecule has 0 unspecified atom stereocenters. The first-order chi connectivity index (χ1) is 11.4. The van der Waals surface area contributed by atoms with Crippen molar-refractivity contribution in [1.82, 2.24) is 15.3 Å². The zero-order valence-electron chi connectivity index (χ0n) is 14.9. The molecule has 1 aliphatic heterocycles. The molecule has 1 aliphatic rings. The van der Waals surface area contributed by atoms with Gasteiger partial charge in [0, 0.05) is 30.3 Å². The van der Waals surface area contributed by atoms with Crippen molar-refractivity contribution in [2.45, 2.75) is 40.5 Å². The van der Waals surface area contributed by atoms with Crippen LogP contribution in [-0.2, 0) is 14.3 Å². The second kappa shape index (κ2) is 8.08. The molecule has 0 radical (unpaired) electrons. The molecule has 0 atom stereocenters. The molecule has 2 rings (SSSR count). The van der Waals surface area contributed by atoms with Gasteiger partial charge in [-0.15, -0.1) is 0 Å². The van der Waals surface area contributed by atoms with E-state index >= 15 is 0 Å². The average molecular weight is 334 g/mol. The average Bonchev–Trinajstić information content (AvgIpc) is 2.56. The summed E-state index contributed by atoms with van der Waals surface area (Å²) in [6.45, 7) is 9.47. The number of ether oxygens (including phenoxy) is 1. The molecule has 0 saturated carbocycles. The summed E-state index contributed by atoms with van der Waals surface area (Å²) in [6.07, 6.45) is 1.49. The quantitative estimate of drug-likeness (QED) is 0.817. The zero-order valence-corrected chi connectivity index (χ0v) is 14.9. The molecule has 1 fully saturated rings. The fourth-order valence-corrected chi connectivity index (χ4v) is 2.93. The lowest BCUT2D eigenvalue weighted by molar-refractivity contribution is -0.143. The largest absolute Gasteiger partial charge is 0.465 e. The molecule has 132 valence electrons. The van der Waals surface area contributed by atoms with E-state index in [1.54, 1.807) is 6.92 Å². The molecular formula is C17H26N4O3. The summed E-state index contributed by atoms with van der Waals surface area (Å²) in [6, 6.07) is 0. The van der Waals surface area contributed by atoms with Crippen molar-refractivity contribution in [3.63, 3.8) is 0 Å². The third-order valence-electron chi connectivity index (χ3n) is 4.35. The SMILES string of the molecule is CCOC(=O)CNC(=O)C1CCN(c2nc(C)nc(C)c2C)CC1. The summed E-state index contributed by atoms with van der Waals surface area (Å²) >= 11 is 0. The Morgan fingerprint density at radius 3 is 2.50 bits per heavy atom. The van der Waals surface area contributed by atoms with Gasteiger partial charge in [0.25, 0.3) is 0 Å². The molecule has 1 aromatic heterocycles. The van der Waals surface area contributed by atoms with Gasteiger partial charge in [0.1, 0.15) is 18.2 Å². The van der Waals surface area contributed by atoms with E-state index < -0.39 is 5.97 Å². The van der Waals surface area contributed by atoms with Crippen LogP contribution in [0.1, 0.15) is 36.8 Å². The Bertz CT molecular complexity index is 610. The number of amides is 1. The number of rotatable bonds is 5. The first-order valence-electron chi connectivity index (χ1n) is 8.42. The van der Waals surface area contributed by atoms with E-state index in [0.29, 0.717) is 6.61 Å². The summed E-state index contributed by atoms with van der Waals surface area (Å²) in [7, 11) is 0. The monoisotopic (exact) mass is 334 g/mol. The van der Waals surface area contributed by atoms with Crippen molar-refractivity contribution < 1.29 is 14.3 Å². The smallest absolute Gasteiger partial charge is 0.325 e. The number of nitrogens with zero attached hydrogens (tertiary/aromatic N) is 3. The Kier molecular flexibility index (Phi) is 6.11. The molecule has 1 N–H and O–H groups in total. The summed E-state index contributed by atoms with van der Waals surface area (Å²) in [5, 5.41) is 2.66. The van der Waals surface area contributed by atoms with E-state index in [1.165, 1.54) is 0 Å². The van der Waals surface area contributed by atoms with Crippen molar-refractivity contribution >= 4 is 17.7 Å². The van der Waals surface area contributed by atoms with Gasteiger partial charge in [0.2, 0.25) is 5.91 Å². The highest BCUT2D eigenvalue weighted by molar-refractivity contribution is 5.83. The molecule has 7 heteroatoms. The van der Waals surface area contributed by atoms with Crippen LogP contribution < -0.4 is 10.2 Å². The Hall–Kier alpha value is -2.18. The molecule has 0 aliphatic carbocycles. The maximum Gasteiger partial charge on any atom is 0.325 e. The van der Waals surface area contributed by atoms with Crippen molar-refractivity contribution in [2.75, 3.05) is 31.1 Å². The topological polar surface area (TPSA) is 84.4 Å². The highest BCUT2D eigenvalue weighted by Crippen LogP contribution is 2.25. The molecule has 0 bridgehead atoms. The second-order valence-corrected chi connectivity index (χ2v) is 6.09. The van der Waals surface area contributed by atoms with Gasteiger partial charge in [-0.3, -0.25) is 9.59 Å². The number of piperidine rings is 1. The molecule has 0 spiro atoms. The van der Waals surface area contributed by atoms with Gasteiger partial charge in [-0.1, -0.05) is 0 Å². The van der Waals surface area contributed by atoms with Gasteiger partial charge in [-0.25, -0.2) is 9.97 Å². The minimum atomic E-state index is -0.397. The maximum absolute atomic E-state index is 12.2. The van der Waals surface area contributed by atoms with Gasteiger partial charge >= 0.3 is 5.97 Å². The van der Waals surface area contributed by atoms with Gasteiger partial charge in [0.05, 0.1) is 6.61 Å². The van der Waals surface area contributed by atoms with Crippen LogP contribution in [0.25, 0.3) is 0 Å². The molecular weight excluding hydrogens is 308 g/mol. The van der Waals surface area contributed by atoms with Crippen LogP contribution in [-0.4, -0.2) is 48.1 Å². The molecule has 1 saturated heterocycles. The second-order valence-electron chi connectivity index (χ2n) is 6.09. The maximum atomic E-state index is 12.2. The summed E-state index contributed by atoms with van der Waals surface area (Å²) in [5.41, 5.74) is 2.08. The number of hydrogen-bond acceptors (Lipinski definition) is 6. The van der Waals surface area contributed by atoms with Crippen LogP contribution >= 0.6 is 0 Å². The lowest BCUT2D eigenvalue weighted by Gasteiger charge is -2.33. The summed E-state index contributed by atoms with van der Waals surface area (Å²) < 4.78 is 4.81. The molecule has 7 nitrogen and oxygen atoms in total. The van der Waals surface area contributed by atoms with E-state index in [2.05, 4.69) is 20.2 Å². The van der Waals surface area contributed by atoms with E-state index in [0.717, 1.165) is 48.8 Å². The molecule has 1 amide bonds. The molecule has 2 heterocycles. The van der Waals surface area contributed by atoms with Crippen LogP contribution in [0, 0.1) is 26.7 Å². The van der Waals surface area contributed by atoms with Crippen LogP contribution in [0.15, 0.2) is 0 Å². The highest BCUT2D eigenvalue weighted by atomic mass is 16.5. The van der Waals surface area contributed by atoms with Crippen LogP contribution in [0.3, 0.4) is 0 Å². The Morgan fingerprint density at radius 2 is 1.88 bits per heavy atom. The van der Waals surface area contributed by atoms with Crippen molar-refractivity contribution in [1.29, 1.82) is 0 Å². The Labute approximate surface area is 142 Å².